The van der Waals surface area contributed by atoms with Crippen molar-refractivity contribution in [2.24, 2.45) is 0 Å². The maximum absolute atomic E-state index is 13.4. The van der Waals surface area contributed by atoms with Gasteiger partial charge in [-0.2, -0.15) is 0 Å². The van der Waals surface area contributed by atoms with Gasteiger partial charge in [0.1, 0.15) is 0 Å². The zero-order valence-corrected chi connectivity index (χ0v) is 20.8. The molecule has 1 aliphatic carbocycles. The average molecular weight is 495 g/mol. The van der Waals surface area contributed by atoms with Crippen LogP contribution in [0.25, 0.3) is 10.9 Å². The highest BCUT2D eigenvalue weighted by molar-refractivity contribution is 5.98. The van der Waals surface area contributed by atoms with E-state index in [0.29, 0.717) is 25.3 Å². The Kier molecular flexibility index (Phi) is 6.00. The molecule has 6 rings (SSSR count). The maximum atomic E-state index is 13.4. The van der Waals surface area contributed by atoms with E-state index < -0.39 is 0 Å². The molecule has 2 N–H and O–H groups in total. The van der Waals surface area contributed by atoms with Crippen molar-refractivity contribution in [3.05, 3.63) is 102 Å². The van der Waals surface area contributed by atoms with Crippen molar-refractivity contribution in [2.75, 3.05) is 13.1 Å². The zero-order valence-electron chi connectivity index (χ0n) is 20.8. The lowest BCUT2D eigenvalue weighted by atomic mass is 9.71. The van der Waals surface area contributed by atoms with E-state index in [1.165, 1.54) is 5.56 Å². The van der Waals surface area contributed by atoms with Crippen LogP contribution in [0.1, 0.15) is 53.0 Å². The molecular weight excluding hydrogens is 464 g/mol. The van der Waals surface area contributed by atoms with Crippen molar-refractivity contribution in [1.29, 1.82) is 0 Å². The minimum atomic E-state index is -0.307. The number of benzene rings is 2. The molecule has 2 amide bonds. The quantitative estimate of drug-likeness (QED) is 0.427. The second-order valence-electron chi connectivity index (χ2n) is 10.0. The number of pyridine rings is 1. The van der Waals surface area contributed by atoms with E-state index in [9.17, 15) is 9.59 Å². The molecule has 7 heteroatoms. The van der Waals surface area contributed by atoms with Crippen LogP contribution in [0.15, 0.2) is 79.1 Å². The number of carbonyl (C=O) groups is 2. The fraction of sp³-hybridized carbons (Fsp3) is 0.300. The van der Waals surface area contributed by atoms with Gasteiger partial charge in [0.15, 0.2) is 0 Å². The molecule has 4 aromatic rings. The van der Waals surface area contributed by atoms with Gasteiger partial charge in [0.2, 0.25) is 5.91 Å². The van der Waals surface area contributed by atoms with Crippen LogP contribution < -0.4 is 5.32 Å². The third kappa shape index (κ3) is 4.19. The van der Waals surface area contributed by atoms with Crippen LogP contribution in [-0.2, 0) is 21.6 Å². The highest BCUT2D eigenvalue weighted by atomic mass is 16.5. The second-order valence-corrected chi connectivity index (χ2v) is 10.0. The molecule has 0 saturated carbocycles. The Morgan fingerprint density at radius 3 is 2.68 bits per heavy atom. The Morgan fingerprint density at radius 2 is 1.89 bits per heavy atom. The molecule has 1 aliphatic heterocycles. The Labute approximate surface area is 215 Å². The van der Waals surface area contributed by atoms with Gasteiger partial charge in [-0.3, -0.25) is 14.6 Å². The van der Waals surface area contributed by atoms with Gasteiger partial charge >= 0.3 is 0 Å². The highest BCUT2D eigenvalue weighted by Gasteiger charge is 2.54. The van der Waals surface area contributed by atoms with Crippen molar-refractivity contribution in [3.8, 4) is 0 Å². The molecule has 1 fully saturated rings. The summed E-state index contributed by atoms with van der Waals surface area (Å²) in [5.41, 5.74) is 4.50. The summed E-state index contributed by atoms with van der Waals surface area (Å²) < 4.78 is 6.61. The molecule has 2 atom stereocenters. The number of hydrogen-bond acceptors (Lipinski definition) is 4. The number of aromatic nitrogens is 2. The summed E-state index contributed by atoms with van der Waals surface area (Å²) in [5.74, 6) is -0.0439. The molecular formula is C30H30N4O3. The van der Waals surface area contributed by atoms with Crippen LogP contribution in [0.2, 0.25) is 0 Å². The number of rotatable bonds is 5. The Morgan fingerprint density at radius 1 is 1.08 bits per heavy atom. The Bertz CT molecular complexity index is 1440. The lowest BCUT2D eigenvalue weighted by molar-refractivity contribution is -0.122. The smallest absolute Gasteiger partial charge is 0.253 e. The molecule has 2 aromatic carbocycles. The summed E-state index contributed by atoms with van der Waals surface area (Å²) in [5, 5.41) is 4.25. The van der Waals surface area contributed by atoms with E-state index in [4.69, 9.17) is 4.74 Å². The molecule has 1 saturated heterocycles. The number of likely N-dealkylation sites (tertiary alicyclic amines) is 1. The topological polar surface area (TPSA) is 87.3 Å². The van der Waals surface area contributed by atoms with Crippen molar-refractivity contribution < 1.29 is 14.3 Å². The summed E-state index contributed by atoms with van der Waals surface area (Å²) in [6, 6.07) is 21.7. The van der Waals surface area contributed by atoms with Crippen LogP contribution in [0.5, 0.6) is 0 Å². The number of amides is 2. The van der Waals surface area contributed by atoms with E-state index in [-0.39, 0.29) is 29.4 Å². The van der Waals surface area contributed by atoms with E-state index in [0.717, 1.165) is 35.0 Å². The highest BCUT2D eigenvalue weighted by Crippen LogP contribution is 2.52. The summed E-state index contributed by atoms with van der Waals surface area (Å²) in [4.78, 5) is 35.2. The molecule has 3 heterocycles. The SMILES string of the molecule is CC(=O)N[C@H]1c2ccccc2C2(CCN(C(=O)c3ccc4cc[nH]c4c3)CC2)[C@@H]1OCc1ccccn1. The first-order valence-electron chi connectivity index (χ1n) is 12.8. The van der Waals surface area contributed by atoms with Gasteiger partial charge in [-0.1, -0.05) is 36.4 Å². The minimum absolute atomic E-state index is 0.0435. The van der Waals surface area contributed by atoms with Crippen LogP contribution in [0.3, 0.4) is 0 Å². The standard InChI is InChI=1S/C30H30N4O3/c1-20(35)33-27-24-7-2-3-8-25(24)30(28(27)37-19-23-6-4-5-14-31-23)12-16-34(17-13-30)29(36)22-10-9-21-11-15-32-26(21)18-22/h2-11,14-15,18,27-28,32H,12-13,16-17,19H2,1H3,(H,33,35)/t27-,28+/m0/s1. The van der Waals surface area contributed by atoms with E-state index in [1.54, 1.807) is 13.1 Å². The van der Waals surface area contributed by atoms with Crippen LogP contribution in [-0.4, -0.2) is 45.9 Å². The molecule has 0 unspecified atom stereocenters. The van der Waals surface area contributed by atoms with Gasteiger partial charge in [0.05, 0.1) is 24.4 Å². The number of H-pyrrole nitrogens is 1. The molecule has 2 aromatic heterocycles. The number of hydrogen-bond donors (Lipinski definition) is 2. The van der Waals surface area contributed by atoms with Gasteiger partial charge in [-0.25, -0.2) is 0 Å². The average Bonchev–Trinajstić information content (AvgIpc) is 3.49. The van der Waals surface area contributed by atoms with Crippen LogP contribution in [0, 0.1) is 0 Å². The predicted octanol–water partition coefficient (Wildman–Crippen LogP) is 4.51. The first-order chi connectivity index (χ1) is 18.0. The fourth-order valence-electron chi connectivity index (χ4n) is 6.17. The normalized spacial score (nSPS) is 20.2. The van der Waals surface area contributed by atoms with Gasteiger partial charge in [0.25, 0.3) is 5.91 Å². The van der Waals surface area contributed by atoms with Gasteiger partial charge in [-0.05, 0) is 59.7 Å². The summed E-state index contributed by atoms with van der Waals surface area (Å²) in [7, 11) is 0. The third-order valence-corrected chi connectivity index (χ3v) is 7.92. The Balaban J connectivity index is 1.28. The Hall–Kier alpha value is -3.97. The molecule has 7 nitrogen and oxygen atoms in total. The number of nitrogens with zero attached hydrogens (tertiary/aromatic N) is 2. The predicted molar refractivity (Wildman–Crippen MR) is 141 cm³/mol. The number of aromatic amines is 1. The van der Waals surface area contributed by atoms with E-state index in [2.05, 4.69) is 33.5 Å². The third-order valence-electron chi connectivity index (χ3n) is 7.92. The maximum Gasteiger partial charge on any atom is 0.253 e. The minimum Gasteiger partial charge on any atom is -0.368 e. The fourth-order valence-corrected chi connectivity index (χ4v) is 6.17. The van der Waals surface area contributed by atoms with Gasteiger partial charge in [-0.15, -0.1) is 0 Å². The van der Waals surface area contributed by atoms with Crippen molar-refractivity contribution in [2.45, 2.75) is 43.9 Å². The number of ether oxygens (including phenoxy) is 1. The molecule has 2 aliphatic rings. The monoisotopic (exact) mass is 494 g/mol. The van der Waals surface area contributed by atoms with Crippen molar-refractivity contribution >= 4 is 22.7 Å². The van der Waals surface area contributed by atoms with Gasteiger partial charge < -0.3 is 19.9 Å². The lowest BCUT2D eigenvalue weighted by Crippen LogP contribution is -2.51. The molecule has 188 valence electrons. The van der Waals surface area contributed by atoms with Crippen molar-refractivity contribution in [1.82, 2.24) is 20.2 Å². The summed E-state index contributed by atoms with van der Waals surface area (Å²) in [6.07, 6.45) is 4.89. The lowest BCUT2D eigenvalue weighted by Gasteiger charge is -2.44. The van der Waals surface area contributed by atoms with Crippen molar-refractivity contribution in [3.63, 3.8) is 0 Å². The van der Waals surface area contributed by atoms with Crippen LogP contribution >= 0.6 is 0 Å². The largest absolute Gasteiger partial charge is 0.368 e. The van der Waals surface area contributed by atoms with E-state index >= 15 is 0 Å². The molecule has 1 spiro atoms. The first-order valence-corrected chi connectivity index (χ1v) is 12.8. The molecule has 37 heavy (non-hydrogen) atoms. The van der Waals surface area contributed by atoms with E-state index in [1.807, 2.05) is 59.6 Å². The molecule has 0 bridgehead atoms. The summed E-state index contributed by atoms with van der Waals surface area (Å²) in [6.45, 7) is 3.14. The number of nitrogens with one attached hydrogen (secondary N) is 2. The van der Waals surface area contributed by atoms with Gasteiger partial charge in [0, 0.05) is 48.9 Å². The number of carbonyl (C=O) groups excluding carboxylic acids is 2. The zero-order chi connectivity index (χ0) is 25.4. The van der Waals surface area contributed by atoms with Crippen LogP contribution in [0.4, 0.5) is 0 Å². The molecule has 0 radical (unpaired) electrons. The first kappa shape index (κ1) is 23.4. The number of piperidine rings is 1. The number of fused-ring (bicyclic) bond motifs is 3. The summed E-state index contributed by atoms with van der Waals surface area (Å²) >= 11 is 0. The second kappa shape index (κ2) is 9.48.